The van der Waals surface area contributed by atoms with Crippen molar-refractivity contribution in [2.45, 2.75) is 38.1 Å². The number of aryl methyl sites for hydroxylation is 1. The minimum Gasteiger partial charge on any atom is -0.340 e. The lowest BCUT2D eigenvalue weighted by atomic mass is 9.77. The van der Waals surface area contributed by atoms with Gasteiger partial charge in [0, 0.05) is 32.9 Å². The Hall–Kier alpha value is -2.15. The van der Waals surface area contributed by atoms with Crippen LogP contribution in [0.25, 0.3) is 0 Å². The minimum atomic E-state index is -0.285. The molecule has 1 aliphatic carbocycles. The Balaban J connectivity index is 1.53. The number of piperazine rings is 1. The summed E-state index contributed by atoms with van der Waals surface area (Å²) >= 11 is 0. The van der Waals surface area contributed by atoms with E-state index in [1.165, 1.54) is 0 Å². The van der Waals surface area contributed by atoms with Crippen molar-refractivity contribution in [1.29, 1.82) is 0 Å². The molecule has 2 aliphatic heterocycles. The summed E-state index contributed by atoms with van der Waals surface area (Å²) in [6, 6.07) is 0. The number of amides is 2. The molecule has 0 bridgehead atoms. The molecular formula is C20H29N5O2. The van der Waals surface area contributed by atoms with Gasteiger partial charge in [-0.2, -0.15) is 5.10 Å². The lowest BCUT2D eigenvalue weighted by Gasteiger charge is -2.46. The molecule has 0 aromatic carbocycles. The average molecular weight is 371 g/mol. The topological polar surface area (TPSA) is 61.7 Å². The zero-order valence-corrected chi connectivity index (χ0v) is 16.5. The maximum absolute atomic E-state index is 13.3. The quantitative estimate of drug-likeness (QED) is 0.738. The van der Waals surface area contributed by atoms with E-state index in [1.54, 1.807) is 10.9 Å². The fourth-order valence-corrected chi connectivity index (χ4v) is 4.75. The lowest BCUT2D eigenvalue weighted by Crippen LogP contribution is -2.64. The van der Waals surface area contributed by atoms with E-state index in [2.05, 4.69) is 29.1 Å². The smallest absolute Gasteiger partial charge is 0.241 e. The van der Waals surface area contributed by atoms with Crippen molar-refractivity contribution in [3.05, 3.63) is 24.5 Å². The van der Waals surface area contributed by atoms with Gasteiger partial charge in [0.15, 0.2) is 0 Å². The van der Waals surface area contributed by atoms with Gasteiger partial charge in [-0.15, -0.1) is 0 Å². The summed E-state index contributed by atoms with van der Waals surface area (Å²) in [5.41, 5.74) is 0.372. The average Bonchev–Trinajstić information content (AvgIpc) is 3.26. The molecule has 146 valence electrons. The Morgan fingerprint density at radius 1 is 1.19 bits per heavy atom. The largest absolute Gasteiger partial charge is 0.340 e. The molecule has 2 unspecified atom stereocenters. The second kappa shape index (κ2) is 6.48. The standard InChI is InChI=1S/C20H29N5O2/c1-19(7-5-4-6-8-19)18(27)24-10-9-20(14-24)15-25(17(26)13-22(20)2)16-11-21-23(3)12-16/h4-5,11-12H,6-10,13-15H2,1-3H3. The number of anilines is 1. The molecule has 7 nitrogen and oxygen atoms in total. The summed E-state index contributed by atoms with van der Waals surface area (Å²) in [5.74, 6) is 0.354. The molecule has 1 spiro atoms. The normalized spacial score (nSPS) is 31.9. The van der Waals surface area contributed by atoms with E-state index < -0.39 is 0 Å². The van der Waals surface area contributed by atoms with Gasteiger partial charge in [-0.1, -0.05) is 19.1 Å². The van der Waals surface area contributed by atoms with Gasteiger partial charge in [-0.25, -0.2) is 0 Å². The van der Waals surface area contributed by atoms with Crippen molar-refractivity contribution in [3.63, 3.8) is 0 Å². The summed E-state index contributed by atoms with van der Waals surface area (Å²) in [5, 5.41) is 4.21. The van der Waals surface area contributed by atoms with Crippen LogP contribution in [0.4, 0.5) is 5.69 Å². The molecule has 2 saturated heterocycles. The molecular weight excluding hydrogens is 342 g/mol. The molecule has 7 heteroatoms. The van der Waals surface area contributed by atoms with Crippen LogP contribution in [-0.2, 0) is 16.6 Å². The second-order valence-corrected chi connectivity index (χ2v) is 8.68. The van der Waals surface area contributed by atoms with E-state index >= 15 is 0 Å². The van der Waals surface area contributed by atoms with Gasteiger partial charge in [0.25, 0.3) is 0 Å². The van der Waals surface area contributed by atoms with Gasteiger partial charge >= 0.3 is 0 Å². The van der Waals surface area contributed by atoms with E-state index in [4.69, 9.17) is 0 Å². The van der Waals surface area contributed by atoms with Crippen LogP contribution in [0.1, 0.15) is 32.6 Å². The first-order chi connectivity index (χ1) is 12.8. The third-order valence-corrected chi connectivity index (χ3v) is 6.67. The van der Waals surface area contributed by atoms with E-state index in [9.17, 15) is 9.59 Å². The van der Waals surface area contributed by atoms with Gasteiger partial charge < -0.3 is 9.80 Å². The molecule has 0 radical (unpaired) electrons. The first-order valence-electron chi connectivity index (χ1n) is 9.78. The van der Waals surface area contributed by atoms with Crippen LogP contribution >= 0.6 is 0 Å². The summed E-state index contributed by atoms with van der Waals surface area (Å²) in [6.45, 7) is 4.52. The number of hydrogen-bond acceptors (Lipinski definition) is 4. The predicted octanol–water partition coefficient (Wildman–Crippen LogP) is 1.42. The number of allylic oxidation sites excluding steroid dienone is 2. The highest BCUT2D eigenvalue weighted by Crippen LogP contribution is 2.39. The Morgan fingerprint density at radius 2 is 2.00 bits per heavy atom. The fourth-order valence-electron chi connectivity index (χ4n) is 4.75. The minimum absolute atomic E-state index is 0.0882. The Labute approximate surface area is 160 Å². The molecule has 2 atom stereocenters. The Kier molecular flexibility index (Phi) is 4.37. The van der Waals surface area contributed by atoms with Crippen LogP contribution in [0, 0.1) is 5.41 Å². The van der Waals surface area contributed by atoms with Crippen molar-refractivity contribution in [1.82, 2.24) is 19.6 Å². The van der Waals surface area contributed by atoms with Crippen LogP contribution < -0.4 is 4.90 Å². The molecule has 1 aromatic heterocycles. The van der Waals surface area contributed by atoms with Crippen LogP contribution in [0.5, 0.6) is 0 Å². The highest BCUT2D eigenvalue weighted by Gasteiger charge is 2.50. The number of nitrogens with zero attached hydrogens (tertiary/aromatic N) is 5. The molecule has 2 amide bonds. The zero-order chi connectivity index (χ0) is 19.2. The van der Waals surface area contributed by atoms with Gasteiger partial charge in [-0.3, -0.25) is 19.2 Å². The summed E-state index contributed by atoms with van der Waals surface area (Å²) < 4.78 is 1.72. The van der Waals surface area contributed by atoms with E-state index in [1.807, 2.05) is 30.1 Å². The second-order valence-electron chi connectivity index (χ2n) is 8.68. The SMILES string of the molecule is CN1CC(=O)N(c2cnn(C)c2)CC12CCN(C(=O)C1(C)CC=CCC1)C2. The van der Waals surface area contributed by atoms with Crippen molar-refractivity contribution >= 4 is 17.5 Å². The molecule has 1 aromatic rings. The lowest BCUT2D eigenvalue weighted by molar-refractivity contribution is -0.141. The molecule has 27 heavy (non-hydrogen) atoms. The highest BCUT2D eigenvalue weighted by atomic mass is 16.2. The van der Waals surface area contributed by atoms with Gasteiger partial charge in [-0.05, 0) is 32.7 Å². The first kappa shape index (κ1) is 18.2. The highest BCUT2D eigenvalue weighted by molar-refractivity contribution is 5.95. The fraction of sp³-hybridized carbons (Fsp3) is 0.650. The molecule has 0 saturated carbocycles. The number of likely N-dealkylation sites (N-methyl/N-ethyl adjacent to an activating group) is 1. The number of rotatable bonds is 2. The van der Waals surface area contributed by atoms with Crippen LogP contribution in [0.2, 0.25) is 0 Å². The van der Waals surface area contributed by atoms with Gasteiger partial charge in [0.2, 0.25) is 11.8 Å². The van der Waals surface area contributed by atoms with E-state index in [0.29, 0.717) is 19.6 Å². The number of carbonyl (C=O) groups excluding carboxylic acids is 2. The molecule has 0 N–H and O–H groups in total. The third kappa shape index (κ3) is 3.08. The Morgan fingerprint density at radius 3 is 2.67 bits per heavy atom. The molecule has 3 aliphatic rings. The summed E-state index contributed by atoms with van der Waals surface area (Å²) in [7, 11) is 3.87. The van der Waals surface area contributed by atoms with Crippen LogP contribution in [0.15, 0.2) is 24.5 Å². The number of hydrogen-bond donors (Lipinski definition) is 0. The molecule has 2 fully saturated rings. The molecule has 4 rings (SSSR count). The van der Waals surface area contributed by atoms with Gasteiger partial charge in [0.05, 0.1) is 29.4 Å². The predicted molar refractivity (Wildman–Crippen MR) is 103 cm³/mol. The summed E-state index contributed by atoms with van der Waals surface area (Å²) in [4.78, 5) is 31.9. The van der Waals surface area contributed by atoms with Crippen molar-refractivity contribution in [2.24, 2.45) is 12.5 Å². The number of aromatic nitrogens is 2. The summed E-state index contributed by atoms with van der Waals surface area (Å²) in [6.07, 6.45) is 11.5. The third-order valence-electron chi connectivity index (χ3n) is 6.67. The van der Waals surface area contributed by atoms with Crippen molar-refractivity contribution < 1.29 is 9.59 Å². The maximum Gasteiger partial charge on any atom is 0.241 e. The van der Waals surface area contributed by atoms with Gasteiger partial charge in [0.1, 0.15) is 0 Å². The van der Waals surface area contributed by atoms with Crippen LogP contribution in [0.3, 0.4) is 0 Å². The number of carbonyl (C=O) groups is 2. The number of likely N-dealkylation sites (tertiary alicyclic amines) is 1. The van der Waals surface area contributed by atoms with Crippen LogP contribution in [-0.4, -0.2) is 70.2 Å². The molecule has 3 heterocycles. The van der Waals surface area contributed by atoms with Crippen molar-refractivity contribution in [3.8, 4) is 0 Å². The van der Waals surface area contributed by atoms with Crippen molar-refractivity contribution in [2.75, 3.05) is 38.1 Å². The van der Waals surface area contributed by atoms with E-state index in [0.717, 1.165) is 37.9 Å². The maximum atomic E-state index is 13.3. The zero-order valence-electron chi connectivity index (χ0n) is 16.5. The van der Waals surface area contributed by atoms with E-state index in [-0.39, 0.29) is 22.8 Å². The first-order valence-corrected chi connectivity index (χ1v) is 9.78. The monoisotopic (exact) mass is 371 g/mol. The Bertz CT molecular complexity index is 787.